The molecule has 0 bridgehead atoms. The molecule has 0 atom stereocenters. The van der Waals surface area contributed by atoms with E-state index in [1.165, 1.54) is 11.8 Å². The molecule has 0 aliphatic heterocycles. The van der Waals surface area contributed by atoms with Gasteiger partial charge in [-0.15, -0.1) is 11.8 Å². The van der Waals surface area contributed by atoms with Crippen LogP contribution in [-0.2, 0) is 10.5 Å². The fourth-order valence-corrected chi connectivity index (χ4v) is 3.22. The van der Waals surface area contributed by atoms with Crippen molar-refractivity contribution >= 4 is 29.3 Å². The number of carbonyl (C=O) groups excluding carboxylic acids is 1. The number of halogens is 1. The summed E-state index contributed by atoms with van der Waals surface area (Å²) in [6, 6.07) is 7.40. The minimum absolute atomic E-state index is 0.256. The molecular formula is C15H15ClN2O3S. The number of nitrogens with zero attached hydrogens (tertiary/aromatic N) is 1. The van der Waals surface area contributed by atoms with Crippen molar-refractivity contribution in [3.05, 3.63) is 56.6 Å². The Labute approximate surface area is 137 Å². The number of aryl methyl sites for hydroxylation is 1. The molecule has 0 amide bonds. The van der Waals surface area contributed by atoms with E-state index in [0.29, 0.717) is 27.1 Å². The van der Waals surface area contributed by atoms with E-state index in [2.05, 4.69) is 9.97 Å². The molecule has 2 rings (SSSR count). The molecule has 116 valence electrons. The Bertz CT molecular complexity index is 746. The van der Waals surface area contributed by atoms with Crippen molar-refractivity contribution in [3.8, 4) is 0 Å². The molecule has 0 saturated heterocycles. The van der Waals surface area contributed by atoms with Gasteiger partial charge in [-0.2, -0.15) is 4.98 Å². The van der Waals surface area contributed by atoms with E-state index in [1.807, 2.05) is 18.2 Å². The highest BCUT2D eigenvalue weighted by molar-refractivity contribution is 7.98. The van der Waals surface area contributed by atoms with Crippen LogP contribution in [-0.4, -0.2) is 22.5 Å². The summed E-state index contributed by atoms with van der Waals surface area (Å²) in [5.41, 5.74) is 1.15. The monoisotopic (exact) mass is 338 g/mol. The van der Waals surface area contributed by atoms with Crippen molar-refractivity contribution in [1.82, 2.24) is 9.97 Å². The second-order valence-electron chi connectivity index (χ2n) is 4.45. The van der Waals surface area contributed by atoms with Crippen LogP contribution in [0.4, 0.5) is 0 Å². The lowest BCUT2D eigenvalue weighted by Gasteiger charge is -2.10. The molecule has 0 aliphatic rings. The zero-order chi connectivity index (χ0) is 16.1. The lowest BCUT2D eigenvalue weighted by atomic mass is 10.2. The Kier molecular flexibility index (Phi) is 5.63. The number of aromatic amines is 1. The minimum Gasteiger partial charge on any atom is -0.462 e. The maximum absolute atomic E-state index is 12.1. The first-order valence-electron chi connectivity index (χ1n) is 6.67. The minimum atomic E-state index is -0.495. The number of carbonyl (C=O) groups is 1. The number of nitrogens with one attached hydrogen (secondary N) is 1. The third-order valence-corrected chi connectivity index (χ3v) is 4.28. The maximum atomic E-state index is 12.1. The largest absolute Gasteiger partial charge is 0.462 e. The Morgan fingerprint density at radius 3 is 2.82 bits per heavy atom. The van der Waals surface area contributed by atoms with E-state index in [9.17, 15) is 9.59 Å². The van der Waals surface area contributed by atoms with Crippen LogP contribution in [0.25, 0.3) is 0 Å². The number of hydrogen-bond donors (Lipinski definition) is 1. The van der Waals surface area contributed by atoms with Crippen LogP contribution in [0.3, 0.4) is 0 Å². The van der Waals surface area contributed by atoms with Gasteiger partial charge in [-0.25, -0.2) is 9.59 Å². The molecule has 1 N–H and O–H groups in total. The van der Waals surface area contributed by atoms with Gasteiger partial charge in [-0.05, 0) is 25.5 Å². The second-order valence-corrected chi connectivity index (χ2v) is 5.82. The first-order valence-corrected chi connectivity index (χ1v) is 8.03. The normalized spacial score (nSPS) is 10.5. The summed E-state index contributed by atoms with van der Waals surface area (Å²) < 4.78 is 5.02. The van der Waals surface area contributed by atoms with Gasteiger partial charge in [0.1, 0.15) is 10.6 Å². The molecule has 2 aromatic rings. The highest BCUT2D eigenvalue weighted by atomic mass is 35.5. The SMILES string of the molecule is CCOC(=O)c1c(SCc2ccccc2Cl)nc(=O)[nH]c1C. The summed E-state index contributed by atoms with van der Waals surface area (Å²) in [6.45, 7) is 3.63. The van der Waals surface area contributed by atoms with Crippen molar-refractivity contribution in [1.29, 1.82) is 0 Å². The molecule has 5 nitrogen and oxygen atoms in total. The van der Waals surface area contributed by atoms with Crippen LogP contribution in [0.5, 0.6) is 0 Å². The van der Waals surface area contributed by atoms with Gasteiger partial charge in [0.25, 0.3) is 0 Å². The number of rotatable bonds is 5. The molecule has 0 aliphatic carbocycles. The highest BCUT2D eigenvalue weighted by Gasteiger charge is 2.19. The summed E-state index contributed by atoms with van der Waals surface area (Å²) in [5.74, 6) is 0.00696. The third kappa shape index (κ3) is 3.90. The lowest BCUT2D eigenvalue weighted by molar-refractivity contribution is 0.0519. The standard InChI is InChI=1S/C15H15ClN2O3S/c1-3-21-14(19)12-9(2)17-15(20)18-13(12)22-8-10-6-4-5-7-11(10)16/h4-7H,3,8H2,1-2H3,(H,17,18,20). The molecule has 1 aromatic heterocycles. The summed E-state index contributed by atoms with van der Waals surface area (Å²) in [6.07, 6.45) is 0. The van der Waals surface area contributed by atoms with Crippen molar-refractivity contribution in [2.75, 3.05) is 6.61 Å². The highest BCUT2D eigenvalue weighted by Crippen LogP contribution is 2.28. The van der Waals surface area contributed by atoms with E-state index in [1.54, 1.807) is 19.9 Å². The first kappa shape index (κ1) is 16.6. The number of benzene rings is 1. The smallest absolute Gasteiger partial charge is 0.346 e. The number of H-pyrrole nitrogens is 1. The molecule has 7 heteroatoms. The van der Waals surface area contributed by atoms with Gasteiger partial charge < -0.3 is 9.72 Å². The van der Waals surface area contributed by atoms with Gasteiger partial charge in [-0.1, -0.05) is 29.8 Å². The fourth-order valence-electron chi connectivity index (χ4n) is 1.87. The lowest BCUT2D eigenvalue weighted by Crippen LogP contribution is -2.19. The van der Waals surface area contributed by atoms with Gasteiger partial charge >= 0.3 is 11.7 Å². The third-order valence-electron chi connectivity index (χ3n) is 2.89. The predicted octanol–water partition coefficient (Wildman–Crippen LogP) is 3.20. The van der Waals surface area contributed by atoms with Crippen LogP contribution < -0.4 is 5.69 Å². The quantitative estimate of drug-likeness (QED) is 0.515. The summed E-state index contributed by atoms with van der Waals surface area (Å²) in [5, 5.41) is 0.980. The maximum Gasteiger partial charge on any atom is 0.346 e. The molecule has 0 unspecified atom stereocenters. The molecule has 1 aromatic carbocycles. The van der Waals surface area contributed by atoms with Crippen molar-refractivity contribution in [2.24, 2.45) is 0 Å². The predicted molar refractivity (Wildman–Crippen MR) is 86.6 cm³/mol. The van der Waals surface area contributed by atoms with Crippen molar-refractivity contribution < 1.29 is 9.53 Å². The van der Waals surface area contributed by atoms with Crippen LogP contribution in [0.15, 0.2) is 34.1 Å². The average molecular weight is 339 g/mol. The molecule has 1 heterocycles. The average Bonchev–Trinajstić information content (AvgIpc) is 2.46. The van der Waals surface area contributed by atoms with Crippen LogP contribution in [0.1, 0.15) is 28.5 Å². The Morgan fingerprint density at radius 1 is 1.41 bits per heavy atom. The van der Waals surface area contributed by atoms with E-state index >= 15 is 0 Å². The molecular weight excluding hydrogens is 324 g/mol. The van der Waals surface area contributed by atoms with Crippen molar-refractivity contribution in [2.45, 2.75) is 24.6 Å². The van der Waals surface area contributed by atoms with E-state index in [0.717, 1.165) is 5.56 Å². The van der Waals surface area contributed by atoms with Crippen molar-refractivity contribution in [3.63, 3.8) is 0 Å². The number of hydrogen-bond acceptors (Lipinski definition) is 5. The van der Waals surface area contributed by atoms with E-state index < -0.39 is 11.7 Å². The first-order chi connectivity index (χ1) is 10.5. The van der Waals surface area contributed by atoms with Gasteiger partial charge in [0.05, 0.1) is 6.61 Å². The zero-order valence-corrected chi connectivity index (χ0v) is 13.8. The number of thioether (sulfide) groups is 1. The Morgan fingerprint density at radius 2 is 2.14 bits per heavy atom. The molecule has 0 fully saturated rings. The van der Waals surface area contributed by atoms with Crippen LogP contribution >= 0.6 is 23.4 Å². The summed E-state index contributed by atoms with van der Waals surface area (Å²) in [4.78, 5) is 30.0. The summed E-state index contributed by atoms with van der Waals surface area (Å²) in [7, 11) is 0. The molecule has 0 spiro atoms. The fraction of sp³-hybridized carbons (Fsp3) is 0.267. The second kappa shape index (κ2) is 7.47. The molecule has 0 radical (unpaired) electrons. The van der Waals surface area contributed by atoms with E-state index in [4.69, 9.17) is 16.3 Å². The van der Waals surface area contributed by atoms with Crippen LogP contribution in [0.2, 0.25) is 5.02 Å². The number of aromatic nitrogens is 2. The van der Waals surface area contributed by atoms with Gasteiger partial charge in [0.2, 0.25) is 0 Å². The molecule has 0 saturated carbocycles. The number of ether oxygens (including phenoxy) is 1. The van der Waals surface area contributed by atoms with E-state index in [-0.39, 0.29) is 6.61 Å². The topological polar surface area (TPSA) is 72.0 Å². The zero-order valence-electron chi connectivity index (χ0n) is 12.2. The Hall–Kier alpha value is -1.79. The Balaban J connectivity index is 2.32. The molecule has 22 heavy (non-hydrogen) atoms. The number of esters is 1. The van der Waals surface area contributed by atoms with Crippen LogP contribution in [0, 0.1) is 6.92 Å². The van der Waals surface area contributed by atoms with Gasteiger partial charge in [-0.3, -0.25) is 0 Å². The summed E-state index contributed by atoms with van der Waals surface area (Å²) >= 11 is 7.39. The van der Waals surface area contributed by atoms with Gasteiger partial charge in [0, 0.05) is 16.5 Å². The van der Waals surface area contributed by atoms with Gasteiger partial charge in [0.15, 0.2) is 0 Å².